The highest BCUT2D eigenvalue weighted by Gasteiger charge is 2.53. The van der Waals surface area contributed by atoms with Crippen LogP contribution in [0.25, 0.3) is 5.78 Å². The number of aromatic nitrogens is 4. The third kappa shape index (κ3) is 2.80. The number of benzene rings is 1. The fraction of sp³-hybridized carbons (Fsp3) is 0.522. The summed E-state index contributed by atoms with van der Waals surface area (Å²) < 4.78 is 7.16. The summed E-state index contributed by atoms with van der Waals surface area (Å²) in [5, 5.41) is 8.52. The second-order valence-electron chi connectivity index (χ2n) is 9.48. The molecule has 150 valence electrons. The Morgan fingerprint density at radius 2 is 1.66 bits per heavy atom. The van der Waals surface area contributed by atoms with Crippen molar-refractivity contribution in [2.45, 2.75) is 50.9 Å². The number of methoxy groups -OCH3 is 1. The number of nitrogens with one attached hydrogen (secondary N) is 1. The normalized spacial score (nSPS) is 30.1. The number of fused-ring (bicyclic) bond motifs is 1. The summed E-state index contributed by atoms with van der Waals surface area (Å²) in [6, 6.07) is 9.97. The molecule has 0 atom stereocenters. The molecule has 1 N–H and O–H groups in total. The van der Waals surface area contributed by atoms with Crippen LogP contribution in [0.5, 0.6) is 5.75 Å². The predicted octanol–water partition coefficient (Wildman–Crippen LogP) is 4.65. The average molecular weight is 390 g/mol. The lowest BCUT2D eigenvalue weighted by Gasteiger charge is -2.55. The molecule has 6 heteroatoms. The largest absolute Gasteiger partial charge is 0.497 e. The van der Waals surface area contributed by atoms with E-state index in [2.05, 4.69) is 10.3 Å². The maximum atomic E-state index is 5.26. The molecule has 7 rings (SSSR count). The zero-order chi connectivity index (χ0) is 19.6. The van der Waals surface area contributed by atoms with Crippen LogP contribution in [-0.2, 0) is 5.41 Å². The molecule has 29 heavy (non-hydrogen) atoms. The Kier molecular flexibility index (Phi) is 3.68. The summed E-state index contributed by atoms with van der Waals surface area (Å²) >= 11 is 0. The van der Waals surface area contributed by atoms with Crippen LogP contribution in [0.2, 0.25) is 0 Å². The lowest BCUT2D eigenvalue weighted by molar-refractivity contribution is -0.00925. The molecule has 0 amide bonds. The van der Waals surface area contributed by atoms with Crippen LogP contribution in [0, 0.1) is 24.7 Å². The molecule has 0 radical (unpaired) electrons. The number of nitrogens with zero attached hydrogens (tertiary/aromatic N) is 4. The van der Waals surface area contributed by atoms with Gasteiger partial charge in [0.1, 0.15) is 11.6 Å². The first-order valence-electron chi connectivity index (χ1n) is 10.8. The zero-order valence-corrected chi connectivity index (χ0v) is 17.1. The minimum absolute atomic E-state index is 0.174. The van der Waals surface area contributed by atoms with Crippen LogP contribution in [0.1, 0.15) is 50.0 Å². The average Bonchev–Trinajstić information content (AvgIpc) is 3.13. The van der Waals surface area contributed by atoms with Gasteiger partial charge in [0, 0.05) is 22.9 Å². The Hall–Kier alpha value is -2.63. The highest BCUT2D eigenvalue weighted by Crippen LogP contribution is 2.60. The van der Waals surface area contributed by atoms with Gasteiger partial charge in [0.25, 0.3) is 5.78 Å². The van der Waals surface area contributed by atoms with Crippen LogP contribution < -0.4 is 10.1 Å². The van der Waals surface area contributed by atoms with Gasteiger partial charge in [-0.25, -0.2) is 4.98 Å². The van der Waals surface area contributed by atoms with E-state index < -0.39 is 0 Å². The van der Waals surface area contributed by atoms with E-state index >= 15 is 0 Å². The van der Waals surface area contributed by atoms with Gasteiger partial charge < -0.3 is 10.1 Å². The SMILES string of the molecule is COc1ccc(Nc2cc(C)nc3nc(C45CC6CC(CC(C6)C4)C5)nn23)cc1. The van der Waals surface area contributed by atoms with E-state index in [0.29, 0.717) is 5.78 Å². The summed E-state index contributed by atoms with van der Waals surface area (Å²) in [5.74, 6) is 6.09. The molecule has 0 saturated heterocycles. The minimum atomic E-state index is 0.174. The van der Waals surface area contributed by atoms with E-state index in [1.54, 1.807) is 7.11 Å². The van der Waals surface area contributed by atoms with E-state index in [0.717, 1.165) is 46.5 Å². The summed E-state index contributed by atoms with van der Waals surface area (Å²) in [7, 11) is 1.68. The molecule has 0 unspecified atom stereocenters. The fourth-order valence-electron chi connectivity index (χ4n) is 6.51. The lowest BCUT2D eigenvalue weighted by Crippen LogP contribution is -2.49. The molecule has 0 spiro atoms. The third-order valence-electron chi connectivity index (χ3n) is 7.32. The van der Waals surface area contributed by atoms with Crippen molar-refractivity contribution in [1.29, 1.82) is 0 Å². The Morgan fingerprint density at radius 1 is 1.00 bits per heavy atom. The van der Waals surface area contributed by atoms with Crippen molar-refractivity contribution in [2.75, 3.05) is 12.4 Å². The van der Waals surface area contributed by atoms with Crippen molar-refractivity contribution in [2.24, 2.45) is 17.8 Å². The monoisotopic (exact) mass is 389 g/mol. The summed E-state index contributed by atoms with van der Waals surface area (Å²) in [4.78, 5) is 9.66. The van der Waals surface area contributed by atoms with E-state index in [1.165, 1.54) is 38.5 Å². The summed E-state index contributed by atoms with van der Waals surface area (Å²) in [5.41, 5.74) is 2.11. The lowest BCUT2D eigenvalue weighted by atomic mass is 9.49. The Labute approximate surface area is 170 Å². The van der Waals surface area contributed by atoms with Gasteiger partial charge in [-0.05, 0) is 87.5 Å². The number of aryl methyl sites for hydroxylation is 1. The van der Waals surface area contributed by atoms with Crippen LogP contribution in [0.4, 0.5) is 11.5 Å². The van der Waals surface area contributed by atoms with Crippen molar-refractivity contribution in [3.8, 4) is 5.75 Å². The van der Waals surface area contributed by atoms with Crippen molar-refractivity contribution in [3.05, 3.63) is 41.9 Å². The Bertz CT molecular complexity index is 1040. The van der Waals surface area contributed by atoms with Gasteiger partial charge in [-0.1, -0.05) is 0 Å². The molecule has 6 nitrogen and oxygen atoms in total. The van der Waals surface area contributed by atoms with Gasteiger partial charge in [0.05, 0.1) is 7.11 Å². The van der Waals surface area contributed by atoms with Crippen molar-refractivity contribution in [3.63, 3.8) is 0 Å². The number of ether oxygens (including phenoxy) is 1. The van der Waals surface area contributed by atoms with E-state index in [1.807, 2.05) is 41.8 Å². The Morgan fingerprint density at radius 3 is 2.28 bits per heavy atom. The molecule has 0 aliphatic heterocycles. The minimum Gasteiger partial charge on any atom is -0.497 e. The molecule has 2 heterocycles. The summed E-state index contributed by atoms with van der Waals surface area (Å²) in [6.07, 6.45) is 8.05. The molecule has 4 aliphatic carbocycles. The number of hydrogen-bond acceptors (Lipinski definition) is 5. The first-order valence-corrected chi connectivity index (χ1v) is 10.8. The molecule has 3 aromatic rings. The topological polar surface area (TPSA) is 64.3 Å². The van der Waals surface area contributed by atoms with Crippen molar-refractivity contribution in [1.82, 2.24) is 19.6 Å². The molecule has 4 fully saturated rings. The number of rotatable bonds is 4. The molecule has 1 aromatic carbocycles. The van der Waals surface area contributed by atoms with E-state index in [4.69, 9.17) is 14.8 Å². The van der Waals surface area contributed by atoms with Gasteiger partial charge in [0.2, 0.25) is 0 Å². The highest BCUT2D eigenvalue weighted by molar-refractivity contribution is 5.59. The molecule has 4 saturated carbocycles. The van der Waals surface area contributed by atoms with E-state index in [-0.39, 0.29) is 5.41 Å². The maximum absolute atomic E-state index is 5.26. The predicted molar refractivity (Wildman–Crippen MR) is 112 cm³/mol. The van der Waals surface area contributed by atoms with Crippen LogP contribution in [-0.4, -0.2) is 26.7 Å². The second-order valence-corrected chi connectivity index (χ2v) is 9.48. The molecule has 4 bridgehead atoms. The smallest absolute Gasteiger partial charge is 0.254 e. The summed E-state index contributed by atoms with van der Waals surface area (Å²) in [6.45, 7) is 2.01. The van der Waals surface area contributed by atoms with Crippen LogP contribution in [0.15, 0.2) is 30.3 Å². The number of anilines is 2. The number of hydrogen-bond donors (Lipinski definition) is 1. The van der Waals surface area contributed by atoms with Gasteiger partial charge in [-0.15, -0.1) is 5.10 Å². The van der Waals surface area contributed by atoms with Crippen molar-refractivity contribution >= 4 is 17.3 Å². The molecule has 2 aromatic heterocycles. The highest BCUT2D eigenvalue weighted by atomic mass is 16.5. The fourth-order valence-corrected chi connectivity index (χ4v) is 6.51. The van der Waals surface area contributed by atoms with Crippen LogP contribution >= 0.6 is 0 Å². The van der Waals surface area contributed by atoms with Crippen molar-refractivity contribution < 1.29 is 4.74 Å². The van der Waals surface area contributed by atoms with Gasteiger partial charge in [0.15, 0.2) is 5.82 Å². The molecule has 4 aliphatic rings. The molecular weight excluding hydrogens is 362 g/mol. The van der Waals surface area contributed by atoms with Gasteiger partial charge in [-0.2, -0.15) is 9.50 Å². The first-order chi connectivity index (χ1) is 14.1. The zero-order valence-electron chi connectivity index (χ0n) is 17.1. The third-order valence-corrected chi connectivity index (χ3v) is 7.32. The molecular formula is C23H27N5O. The Balaban J connectivity index is 1.39. The quantitative estimate of drug-likeness (QED) is 0.703. The first kappa shape index (κ1) is 17.2. The maximum Gasteiger partial charge on any atom is 0.254 e. The van der Waals surface area contributed by atoms with Gasteiger partial charge >= 0.3 is 0 Å². The van der Waals surface area contributed by atoms with Gasteiger partial charge in [-0.3, -0.25) is 0 Å². The van der Waals surface area contributed by atoms with E-state index in [9.17, 15) is 0 Å². The standard InChI is InChI=1S/C23H27N5O/c1-14-7-20(25-18-3-5-19(29-2)6-4-18)28-22(24-14)26-21(27-28)23-11-15-8-16(12-23)10-17(9-15)13-23/h3-7,15-17,25H,8-13H2,1-2H3. The van der Waals surface area contributed by atoms with Crippen LogP contribution in [0.3, 0.4) is 0 Å². The second kappa shape index (κ2) is 6.18.